The zero-order chi connectivity index (χ0) is 18.3. The lowest BCUT2D eigenvalue weighted by Gasteiger charge is -2.30. The van der Waals surface area contributed by atoms with Gasteiger partial charge in [-0.15, -0.1) is 11.3 Å². The van der Waals surface area contributed by atoms with E-state index < -0.39 is 9.96 Å². The van der Waals surface area contributed by atoms with Crippen LogP contribution < -0.4 is 16.0 Å². The van der Waals surface area contributed by atoms with E-state index in [1.165, 1.54) is 36.7 Å². The molecule has 0 aliphatic heterocycles. The summed E-state index contributed by atoms with van der Waals surface area (Å²) < 4.78 is -1.75. The summed E-state index contributed by atoms with van der Waals surface area (Å²) in [7, 11) is 0. The molecule has 1 aromatic rings. The summed E-state index contributed by atoms with van der Waals surface area (Å²) in [5, 5.41) is 11.0. The van der Waals surface area contributed by atoms with Crippen LogP contribution in [0, 0.1) is 0 Å². The van der Waals surface area contributed by atoms with E-state index in [2.05, 4.69) is 16.0 Å². The molecule has 1 heterocycles. The maximum absolute atomic E-state index is 12.1. The Morgan fingerprint density at radius 3 is 2.60 bits per heavy atom. The van der Waals surface area contributed by atoms with Gasteiger partial charge in [-0.3, -0.25) is 4.79 Å². The first-order chi connectivity index (χ1) is 11.8. The first-order valence-electron chi connectivity index (χ1n) is 8.00. The molecule has 1 aromatic heterocycles. The van der Waals surface area contributed by atoms with Crippen LogP contribution in [-0.4, -0.2) is 27.0 Å². The van der Waals surface area contributed by atoms with Crippen molar-refractivity contribution in [3.63, 3.8) is 0 Å². The maximum atomic E-state index is 12.1. The van der Waals surface area contributed by atoms with Crippen LogP contribution in [0.2, 0.25) is 0 Å². The smallest absolute Gasteiger partial charge is 0.245 e. The van der Waals surface area contributed by atoms with Gasteiger partial charge in [0, 0.05) is 17.0 Å². The average molecular weight is 441 g/mol. The predicted octanol–water partition coefficient (Wildman–Crippen LogP) is 4.37. The van der Waals surface area contributed by atoms with Crippen molar-refractivity contribution >= 4 is 75.5 Å². The van der Waals surface area contributed by atoms with Crippen molar-refractivity contribution in [3.05, 3.63) is 28.5 Å². The molecule has 1 unspecified atom stereocenters. The van der Waals surface area contributed by atoms with Crippen molar-refractivity contribution in [1.82, 2.24) is 16.0 Å². The quantitative estimate of drug-likeness (QED) is 0.275. The Hall–Kier alpha value is -0.530. The van der Waals surface area contributed by atoms with Crippen molar-refractivity contribution in [2.45, 2.75) is 48.1 Å². The number of thiocarbonyl (C=S) groups is 1. The van der Waals surface area contributed by atoms with E-state index in [0.29, 0.717) is 11.2 Å². The second kappa shape index (κ2) is 9.97. The molecule has 1 aliphatic rings. The molecule has 4 nitrogen and oxygen atoms in total. The molecule has 1 amide bonds. The number of halogens is 3. The summed E-state index contributed by atoms with van der Waals surface area (Å²) >= 11 is 24.7. The molecule has 25 heavy (non-hydrogen) atoms. The minimum absolute atomic E-state index is 0.319. The fourth-order valence-corrected chi connectivity index (χ4v) is 3.77. The third kappa shape index (κ3) is 7.71. The molecule has 0 bridgehead atoms. The summed E-state index contributed by atoms with van der Waals surface area (Å²) in [6.07, 6.45) is 7.90. The molecule has 0 spiro atoms. The van der Waals surface area contributed by atoms with E-state index in [-0.39, 0.29) is 5.91 Å². The van der Waals surface area contributed by atoms with Crippen molar-refractivity contribution < 1.29 is 4.79 Å². The van der Waals surface area contributed by atoms with Gasteiger partial charge in [-0.1, -0.05) is 60.1 Å². The lowest BCUT2D eigenvalue weighted by atomic mass is 9.96. The Kier molecular flexibility index (Phi) is 8.29. The third-order valence-electron chi connectivity index (χ3n) is 3.77. The highest BCUT2D eigenvalue weighted by Gasteiger charge is 2.34. The lowest BCUT2D eigenvalue weighted by molar-refractivity contribution is -0.117. The molecule has 1 saturated carbocycles. The van der Waals surface area contributed by atoms with Crippen LogP contribution in [0.25, 0.3) is 6.08 Å². The minimum Gasteiger partial charge on any atom is -0.360 e. The van der Waals surface area contributed by atoms with Gasteiger partial charge in [0.1, 0.15) is 6.17 Å². The van der Waals surface area contributed by atoms with E-state index in [4.69, 9.17) is 47.0 Å². The first-order valence-corrected chi connectivity index (χ1v) is 10.4. The van der Waals surface area contributed by atoms with Crippen LogP contribution in [0.1, 0.15) is 37.0 Å². The molecule has 1 aliphatic carbocycles. The van der Waals surface area contributed by atoms with Crippen LogP contribution in [0.15, 0.2) is 23.6 Å². The Morgan fingerprint density at radius 2 is 2.00 bits per heavy atom. The summed E-state index contributed by atoms with van der Waals surface area (Å²) in [6, 6.07) is 4.13. The largest absolute Gasteiger partial charge is 0.360 e. The van der Waals surface area contributed by atoms with Crippen molar-refractivity contribution in [2.24, 2.45) is 0 Å². The van der Waals surface area contributed by atoms with Crippen LogP contribution in [-0.2, 0) is 4.79 Å². The second-order valence-electron chi connectivity index (χ2n) is 5.78. The Morgan fingerprint density at radius 1 is 1.28 bits per heavy atom. The normalized spacial score (nSPS) is 17.2. The van der Waals surface area contributed by atoms with Gasteiger partial charge in [-0.05, 0) is 42.6 Å². The van der Waals surface area contributed by atoms with E-state index in [9.17, 15) is 4.79 Å². The van der Waals surface area contributed by atoms with Crippen molar-refractivity contribution in [1.29, 1.82) is 0 Å². The molecule has 3 N–H and O–H groups in total. The van der Waals surface area contributed by atoms with Gasteiger partial charge < -0.3 is 16.0 Å². The fourth-order valence-electron chi connectivity index (χ4n) is 2.54. The summed E-state index contributed by atoms with van der Waals surface area (Å²) in [4.78, 5) is 13.1. The summed E-state index contributed by atoms with van der Waals surface area (Å²) in [6.45, 7) is 0. The zero-order valence-electron chi connectivity index (χ0n) is 13.4. The topological polar surface area (TPSA) is 53.2 Å². The summed E-state index contributed by atoms with van der Waals surface area (Å²) in [5.74, 6) is -0.377. The van der Waals surface area contributed by atoms with Gasteiger partial charge in [0.2, 0.25) is 9.70 Å². The van der Waals surface area contributed by atoms with E-state index in [1.807, 2.05) is 17.5 Å². The zero-order valence-corrected chi connectivity index (χ0v) is 17.3. The molecule has 138 valence electrons. The van der Waals surface area contributed by atoms with E-state index in [1.54, 1.807) is 6.08 Å². The second-order valence-corrected chi connectivity index (χ2v) is 9.54. The van der Waals surface area contributed by atoms with Gasteiger partial charge in [-0.2, -0.15) is 0 Å². The maximum Gasteiger partial charge on any atom is 0.245 e. The number of amides is 1. The SMILES string of the molecule is O=C(C=Cc1cccs1)NC(NC(=S)NC1CCCCC1)C(Cl)(Cl)Cl. The van der Waals surface area contributed by atoms with E-state index >= 15 is 0 Å². The van der Waals surface area contributed by atoms with Gasteiger partial charge in [0.25, 0.3) is 0 Å². The summed E-state index contributed by atoms with van der Waals surface area (Å²) in [5.41, 5.74) is 0. The number of carbonyl (C=O) groups excluding carboxylic acids is 1. The number of hydrogen-bond acceptors (Lipinski definition) is 3. The van der Waals surface area contributed by atoms with Crippen LogP contribution in [0.5, 0.6) is 0 Å². The lowest BCUT2D eigenvalue weighted by Crippen LogP contribution is -2.58. The first kappa shape index (κ1) is 20.8. The van der Waals surface area contributed by atoms with Gasteiger partial charge in [-0.25, -0.2) is 0 Å². The molecule has 0 aromatic carbocycles. The highest BCUT2D eigenvalue weighted by molar-refractivity contribution is 7.80. The third-order valence-corrected chi connectivity index (χ3v) is 5.50. The average Bonchev–Trinajstić information content (AvgIpc) is 3.06. The predicted molar refractivity (Wildman–Crippen MR) is 111 cm³/mol. The molecule has 1 fully saturated rings. The molecule has 2 rings (SSSR count). The number of nitrogens with one attached hydrogen (secondary N) is 3. The standard InChI is InChI=1S/C16H20Cl3N3OS2/c17-16(18,19)14(21-13(23)9-8-12-7-4-10-25-12)22-15(24)20-11-5-2-1-3-6-11/h4,7-11,14H,1-3,5-6H2,(H,21,23)(H2,20,22,24). The van der Waals surface area contributed by atoms with Crippen molar-refractivity contribution in [3.8, 4) is 0 Å². The van der Waals surface area contributed by atoms with E-state index in [0.717, 1.165) is 17.7 Å². The highest BCUT2D eigenvalue weighted by Crippen LogP contribution is 2.29. The minimum atomic E-state index is -1.75. The van der Waals surface area contributed by atoms with Gasteiger partial charge in [0.05, 0.1) is 0 Å². The van der Waals surface area contributed by atoms with Crippen LogP contribution in [0.4, 0.5) is 0 Å². The van der Waals surface area contributed by atoms with Gasteiger partial charge in [0.15, 0.2) is 5.11 Å². The monoisotopic (exact) mass is 439 g/mol. The molecule has 0 saturated heterocycles. The Bertz CT molecular complexity index is 596. The molecular weight excluding hydrogens is 421 g/mol. The number of rotatable bonds is 5. The Balaban J connectivity index is 1.89. The Labute approximate surface area is 172 Å². The molecule has 0 radical (unpaired) electrons. The molecule has 9 heteroatoms. The number of thiophene rings is 1. The number of carbonyl (C=O) groups is 1. The number of hydrogen-bond donors (Lipinski definition) is 3. The van der Waals surface area contributed by atoms with Crippen molar-refractivity contribution in [2.75, 3.05) is 0 Å². The number of alkyl halides is 3. The van der Waals surface area contributed by atoms with Crippen LogP contribution >= 0.6 is 58.4 Å². The van der Waals surface area contributed by atoms with Crippen LogP contribution in [0.3, 0.4) is 0 Å². The molecule has 1 atom stereocenters. The molecular formula is C16H20Cl3N3OS2. The highest BCUT2D eigenvalue weighted by atomic mass is 35.6. The van der Waals surface area contributed by atoms with Gasteiger partial charge >= 0.3 is 0 Å². The fraction of sp³-hybridized carbons (Fsp3) is 0.500.